The highest BCUT2D eigenvalue weighted by molar-refractivity contribution is 5.85. The van der Waals surface area contributed by atoms with Gasteiger partial charge in [0.1, 0.15) is 0 Å². The van der Waals surface area contributed by atoms with Gasteiger partial charge in [0.05, 0.1) is 6.42 Å². The van der Waals surface area contributed by atoms with Gasteiger partial charge in [-0.05, 0) is 53.9 Å². The minimum Gasteiger partial charge on any atom is -0.369 e. The second kappa shape index (κ2) is 9.77. The smallest absolute Gasteiger partial charge is 0.224 e. The summed E-state index contributed by atoms with van der Waals surface area (Å²) >= 11 is 0. The summed E-state index contributed by atoms with van der Waals surface area (Å²) in [5.41, 5.74) is 3.71. The predicted octanol–water partition coefficient (Wildman–Crippen LogP) is 4.02. The number of fused-ring (bicyclic) bond motifs is 1. The van der Waals surface area contributed by atoms with Crippen LogP contribution in [0.25, 0.3) is 10.8 Å². The van der Waals surface area contributed by atoms with Gasteiger partial charge in [0.2, 0.25) is 5.91 Å². The zero-order chi connectivity index (χ0) is 20.8. The first-order valence-electron chi connectivity index (χ1n) is 11.0. The Bertz CT molecular complexity index is 992. The molecule has 0 bridgehead atoms. The lowest BCUT2D eigenvalue weighted by atomic mass is 10.0. The standard InChI is InChI=1S/C26H31N3O/c1-21-6-4-9-25(18-21)29-16-14-28(15-17-29)13-5-12-27-26(30)20-22-10-11-23-7-2-3-8-24(23)19-22/h2-4,6-11,18-19H,5,12-17,20H2,1H3,(H,27,30). The first-order chi connectivity index (χ1) is 14.7. The Morgan fingerprint density at radius 1 is 0.900 bits per heavy atom. The van der Waals surface area contributed by atoms with Crippen molar-refractivity contribution in [1.29, 1.82) is 0 Å². The number of amides is 1. The molecule has 1 N–H and O–H groups in total. The van der Waals surface area contributed by atoms with Crippen molar-refractivity contribution in [3.05, 3.63) is 77.9 Å². The SMILES string of the molecule is Cc1cccc(N2CCN(CCCNC(=O)Cc3ccc4ccccc4c3)CC2)c1. The Hall–Kier alpha value is -2.85. The topological polar surface area (TPSA) is 35.6 Å². The molecule has 4 rings (SSSR count). The van der Waals surface area contributed by atoms with Crippen molar-refractivity contribution >= 4 is 22.4 Å². The molecule has 0 unspecified atom stereocenters. The van der Waals surface area contributed by atoms with E-state index in [2.05, 4.69) is 76.6 Å². The van der Waals surface area contributed by atoms with Crippen LogP contribution in [-0.2, 0) is 11.2 Å². The van der Waals surface area contributed by atoms with Gasteiger partial charge in [0, 0.05) is 38.4 Å². The third-order valence-corrected chi connectivity index (χ3v) is 5.89. The van der Waals surface area contributed by atoms with Gasteiger partial charge in [0.25, 0.3) is 0 Å². The average Bonchev–Trinajstić information content (AvgIpc) is 2.77. The monoisotopic (exact) mass is 401 g/mol. The van der Waals surface area contributed by atoms with Crippen LogP contribution in [0.1, 0.15) is 17.5 Å². The molecule has 3 aromatic carbocycles. The maximum Gasteiger partial charge on any atom is 0.224 e. The molecule has 4 heteroatoms. The van der Waals surface area contributed by atoms with E-state index in [-0.39, 0.29) is 5.91 Å². The molecule has 4 nitrogen and oxygen atoms in total. The quantitative estimate of drug-likeness (QED) is 0.608. The summed E-state index contributed by atoms with van der Waals surface area (Å²) in [6.45, 7) is 8.23. The number of piperazine rings is 1. The van der Waals surface area contributed by atoms with Crippen LogP contribution in [-0.4, -0.2) is 50.1 Å². The molecule has 0 radical (unpaired) electrons. The first-order valence-corrected chi connectivity index (χ1v) is 11.0. The Morgan fingerprint density at radius 2 is 1.70 bits per heavy atom. The lowest BCUT2D eigenvalue weighted by molar-refractivity contribution is -0.120. The van der Waals surface area contributed by atoms with Crippen molar-refractivity contribution in [1.82, 2.24) is 10.2 Å². The van der Waals surface area contributed by atoms with Crippen LogP contribution in [0.2, 0.25) is 0 Å². The molecule has 1 amide bonds. The van der Waals surface area contributed by atoms with Crippen LogP contribution in [0.5, 0.6) is 0 Å². The molecular weight excluding hydrogens is 370 g/mol. The van der Waals surface area contributed by atoms with E-state index >= 15 is 0 Å². The van der Waals surface area contributed by atoms with E-state index in [0.717, 1.165) is 51.3 Å². The highest BCUT2D eigenvalue weighted by Crippen LogP contribution is 2.18. The van der Waals surface area contributed by atoms with E-state index in [1.54, 1.807) is 0 Å². The second-order valence-corrected chi connectivity index (χ2v) is 8.23. The molecule has 1 saturated heterocycles. The summed E-state index contributed by atoms with van der Waals surface area (Å²) in [5, 5.41) is 5.48. The van der Waals surface area contributed by atoms with E-state index in [9.17, 15) is 4.79 Å². The van der Waals surface area contributed by atoms with Gasteiger partial charge in [-0.3, -0.25) is 9.69 Å². The molecule has 0 aromatic heterocycles. The third kappa shape index (κ3) is 5.39. The highest BCUT2D eigenvalue weighted by atomic mass is 16.1. The van der Waals surface area contributed by atoms with Gasteiger partial charge in [-0.15, -0.1) is 0 Å². The molecule has 1 heterocycles. The van der Waals surface area contributed by atoms with Crippen LogP contribution >= 0.6 is 0 Å². The van der Waals surface area contributed by atoms with Crippen LogP contribution in [0.15, 0.2) is 66.7 Å². The lowest BCUT2D eigenvalue weighted by Gasteiger charge is -2.36. The molecule has 0 aliphatic carbocycles. The number of aryl methyl sites for hydroxylation is 1. The number of benzene rings is 3. The summed E-state index contributed by atoms with van der Waals surface area (Å²) in [5.74, 6) is 0.106. The highest BCUT2D eigenvalue weighted by Gasteiger charge is 2.16. The van der Waals surface area contributed by atoms with Crippen LogP contribution in [0.3, 0.4) is 0 Å². The summed E-state index contributed by atoms with van der Waals surface area (Å²) in [4.78, 5) is 17.3. The maximum atomic E-state index is 12.3. The van der Waals surface area contributed by atoms with E-state index in [4.69, 9.17) is 0 Å². The zero-order valence-corrected chi connectivity index (χ0v) is 17.8. The minimum atomic E-state index is 0.106. The van der Waals surface area contributed by atoms with Gasteiger partial charge in [-0.1, -0.05) is 54.6 Å². The summed E-state index contributed by atoms with van der Waals surface area (Å²) < 4.78 is 0. The minimum absolute atomic E-state index is 0.106. The number of carbonyl (C=O) groups is 1. The van der Waals surface area contributed by atoms with Gasteiger partial charge in [0.15, 0.2) is 0 Å². The average molecular weight is 402 g/mol. The van der Waals surface area contributed by atoms with Crippen molar-refractivity contribution < 1.29 is 4.79 Å². The molecule has 156 valence electrons. The van der Waals surface area contributed by atoms with Crippen molar-refractivity contribution in [3.63, 3.8) is 0 Å². The van der Waals surface area contributed by atoms with Crippen LogP contribution < -0.4 is 10.2 Å². The Kier molecular flexibility index (Phi) is 6.65. The lowest BCUT2D eigenvalue weighted by Crippen LogP contribution is -2.47. The van der Waals surface area contributed by atoms with Crippen molar-refractivity contribution in [3.8, 4) is 0 Å². The van der Waals surface area contributed by atoms with E-state index in [1.165, 1.54) is 22.0 Å². The molecule has 30 heavy (non-hydrogen) atoms. The molecule has 1 fully saturated rings. The number of rotatable bonds is 7. The van der Waals surface area contributed by atoms with Crippen molar-refractivity contribution in [2.24, 2.45) is 0 Å². The number of nitrogens with one attached hydrogen (secondary N) is 1. The fourth-order valence-electron chi connectivity index (χ4n) is 4.18. The Labute approximate surface area is 179 Å². The van der Waals surface area contributed by atoms with Gasteiger partial charge >= 0.3 is 0 Å². The summed E-state index contributed by atoms with van der Waals surface area (Å²) in [6, 6.07) is 23.3. The predicted molar refractivity (Wildman–Crippen MR) is 125 cm³/mol. The van der Waals surface area contributed by atoms with E-state index in [0.29, 0.717) is 6.42 Å². The molecule has 0 saturated carbocycles. The molecule has 1 aliphatic heterocycles. The molecule has 1 aliphatic rings. The maximum absolute atomic E-state index is 12.3. The molecule has 0 atom stereocenters. The largest absolute Gasteiger partial charge is 0.369 e. The normalized spacial score (nSPS) is 14.8. The molecular formula is C26H31N3O. The third-order valence-electron chi connectivity index (χ3n) is 5.89. The van der Waals surface area contributed by atoms with E-state index < -0.39 is 0 Å². The number of carbonyl (C=O) groups excluding carboxylic acids is 1. The van der Waals surface area contributed by atoms with Crippen molar-refractivity contribution in [2.75, 3.05) is 44.2 Å². The number of nitrogens with zero attached hydrogens (tertiary/aromatic N) is 2. The van der Waals surface area contributed by atoms with Gasteiger partial charge in [-0.25, -0.2) is 0 Å². The number of hydrogen-bond donors (Lipinski definition) is 1. The second-order valence-electron chi connectivity index (χ2n) is 8.23. The zero-order valence-electron chi connectivity index (χ0n) is 17.8. The van der Waals surface area contributed by atoms with Crippen molar-refractivity contribution in [2.45, 2.75) is 19.8 Å². The van der Waals surface area contributed by atoms with Gasteiger partial charge in [-0.2, -0.15) is 0 Å². The van der Waals surface area contributed by atoms with Crippen LogP contribution in [0, 0.1) is 6.92 Å². The molecule has 3 aromatic rings. The van der Waals surface area contributed by atoms with Crippen LogP contribution in [0.4, 0.5) is 5.69 Å². The number of anilines is 1. The fourth-order valence-corrected chi connectivity index (χ4v) is 4.18. The van der Waals surface area contributed by atoms with Gasteiger partial charge < -0.3 is 10.2 Å². The number of hydrogen-bond acceptors (Lipinski definition) is 3. The summed E-state index contributed by atoms with van der Waals surface area (Å²) in [6.07, 6.45) is 1.44. The first kappa shape index (κ1) is 20.4. The Balaban J connectivity index is 1.15. The Morgan fingerprint density at radius 3 is 2.50 bits per heavy atom. The molecule has 0 spiro atoms. The van der Waals surface area contributed by atoms with E-state index in [1.807, 2.05) is 12.1 Å². The fraction of sp³-hybridized carbons (Fsp3) is 0.346. The summed E-state index contributed by atoms with van der Waals surface area (Å²) in [7, 11) is 0.